The topological polar surface area (TPSA) is 58.6 Å². The summed E-state index contributed by atoms with van der Waals surface area (Å²) in [6, 6.07) is 9.24. The van der Waals surface area contributed by atoms with Crippen LogP contribution in [0.4, 0.5) is 0 Å². The summed E-state index contributed by atoms with van der Waals surface area (Å²) < 4.78 is 5.74. The average Bonchev–Trinajstić information content (AvgIpc) is 2.47. The van der Waals surface area contributed by atoms with Gasteiger partial charge in [-0.3, -0.25) is 5.32 Å². The Bertz CT molecular complexity index is 421. The molecule has 0 bridgehead atoms. The fraction of sp³-hybridized carbons (Fsp3) is 0.588. The van der Waals surface area contributed by atoms with Crippen molar-refractivity contribution in [1.29, 1.82) is 0 Å². The van der Waals surface area contributed by atoms with Crippen LogP contribution in [-0.2, 0) is 15.1 Å². The first-order valence-electron chi connectivity index (χ1n) is 7.68. The maximum atomic E-state index is 11.9. The SMILES string of the molecule is CCCC(C)COCC(NCC)(C(=O)O)c1ccccc1. The first-order chi connectivity index (χ1) is 10.1. The molecule has 1 rings (SSSR count). The van der Waals surface area contributed by atoms with Crippen molar-refractivity contribution < 1.29 is 14.6 Å². The number of hydrogen-bond acceptors (Lipinski definition) is 3. The molecule has 2 atom stereocenters. The lowest BCUT2D eigenvalue weighted by atomic mass is 9.90. The first-order valence-corrected chi connectivity index (χ1v) is 7.68. The van der Waals surface area contributed by atoms with Gasteiger partial charge in [-0.1, -0.05) is 57.5 Å². The Morgan fingerprint density at radius 1 is 1.33 bits per heavy atom. The summed E-state index contributed by atoms with van der Waals surface area (Å²) in [6.45, 7) is 7.45. The first kappa shape index (κ1) is 17.7. The summed E-state index contributed by atoms with van der Waals surface area (Å²) >= 11 is 0. The van der Waals surface area contributed by atoms with E-state index in [1.807, 2.05) is 37.3 Å². The number of benzene rings is 1. The molecule has 0 heterocycles. The molecule has 0 saturated heterocycles. The van der Waals surface area contributed by atoms with Gasteiger partial charge in [-0.05, 0) is 24.4 Å². The van der Waals surface area contributed by atoms with Crippen molar-refractivity contribution in [1.82, 2.24) is 5.32 Å². The highest BCUT2D eigenvalue weighted by Crippen LogP contribution is 2.23. The van der Waals surface area contributed by atoms with Crippen LogP contribution in [0.1, 0.15) is 39.2 Å². The summed E-state index contributed by atoms with van der Waals surface area (Å²) in [4.78, 5) is 11.9. The molecule has 0 aromatic heterocycles. The number of carboxylic acids is 1. The fourth-order valence-corrected chi connectivity index (χ4v) is 2.51. The summed E-state index contributed by atoms with van der Waals surface area (Å²) in [5, 5.41) is 12.8. The van der Waals surface area contributed by atoms with Gasteiger partial charge < -0.3 is 9.84 Å². The number of likely N-dealkylation sites (N-methyl/N-ethyl adjacent to an activating group) is 1. The van der Waals surface area contributed by atoms with Crippen molar-refractivity contribution in [3.8, 4) is 0 Å². The maximum Gasteiger partial charge on any atom is 0.331 e. The number of hydrogen-bond donors (Lipinski definition) is 2. The molecule has 1 aromatic rings. The predicted octanol–water partition coefficient (Wildman–Crippen LogP) is 3.03. The summed E-state index contributed by atoms with van der Waals surface area (Å²) in [6.07, 6.45) is 2.20. The molecule has 2 N–H and O–H groups in total. The Kier molecular flexibility index (Phi) is 7.40. The minimum absolute atomic E-state index is 0.133. The van der Waals surface area contributed by atoms with Gasteiger partial charge in [0.25, 0.3) is 0 Å². The van der Waals surface area contributed by atoms with Crippen LogP contribution < -0.4 is 5.32 Å². The highest BCUT2D eigenvalue weighted by Gasteiger charge is 2.40. The second-order valence-corrected chi connectivity index (χ2v) is 5.52. The molecule has 0 amide bonds. The van der Waals surface area contributed by atoms with Gasteiger partial charge in [0.2, 0.25) is 0 Å². The van der Waals surface area contributed by atoms with E-state index in [-0.39, 0.29) is 6.61 Å². The third-order valence-corrected chi connectivity index (χ3v) is 3.61. The highest BCUT2D eigenvalue weighted by atomic mass is 16.5. The van der Waals surface area contributed by atoms with Crippen LogP contribution in [0, 0.1) is 5.92 Å². The van der Waals surface area contributed by atoms with Crippen molar-refractivity contribution in [3.63, 3.8) is 0 Å². The molecule has 0 spiro atoms. The molecule has 0 fully saturated rings. The number of carbonyl (C=O) groups is 1. The van der Waals surface area contributed by atoms with Gasteiger partial charge in [-0.15, -0.1) is 0 Å². The molecule has 0 saturated carbocycles. The molecule has 0 aliphatic heterocycles. The number of rotatable bonds is 10. The fourth-order valence-electron chi connectivity index (χ4n) is 2.51. The highest BCUT2D eigenvalue weighted by molar-refractivity contribution is 5.81. The predicted molar refractivity (Wildman–Crippen MR) is 84.3 cm³/mol. The number of aliphatic carboxylic acids is 1. The molecule has 0 aliphatic carbocycles. The molecule has 1 aromatic carbocycles. The largest absolute Gasteiger partial charge is 0.480 e. The van der Waals surface area contributed by atoms with Crippen LogP contribution in [0.2, 0.25) is 0 Å². The summed E-state index contributed by atoms with van der Waals surface area (Å²) in [5.41, 5.74) is -0.454. The van der Waals surface area contributed by atoms with Crippen LogP contribution in [0.5, 0.6) is 0 Å². The van der Waals surface area contributed by atoms with Crippen molar-refractivity contribution >= 4 is 5.97 Å². The van der Waals surface area contributed by atoms with E-state index < -0.39 is 11.5 Å². The van der Waals surface area contributed by atoms with Gasteiger partial charge in [0.1, 0.15) is 0 Å². The van der Waals surface area contributed by atoms with E-state index in [1.165, 1.54) is 0 Å². The summed E-state index contributed by atoms with van der Waals surface area (Å²) in [7, 11) is 0. The lowest BCUT2D eigenvalue weighted by Crippen LogP contribution is -2.53. The molecule has 0 radical (unpaired) electrons. The average molecular weight is 293 g/mol. The van der Waals surface area contributed by atoms with E-state index in [0.717, 1.165) is 18.4 Å². The molecule has 2 unspecified atom stereocenters. The van der Waals surface area contributed by atoms with Crippen molar-refractivity contribution in [2.45, 2.75) is 39.2 Å². The van der Waals surface area contributed by atoms with Crippen LogP contribution in [0.25, 0.3) is 0 Å². The quantitative estimate of drug-likeness (QED) is 0.696. The van der Waals surface area contributed by atoms with Gasteiger partial charge in [0, 0.05) is 6.61 Å². The Morgan fingerprint density at radius 2 is 2.00 bits per heavy atom. The van der Waals surface area contributed by atoms with Crippen LogP contribution in [0.15, 0.2) is 30.3 Å². The van der Waals surface area contributed by atoms with Crippen LogP contribution >= 0.6 is 0 Å². The molecular formula is C17H27NO3. The number of ether oxygens (including phenoxy) is 1. The van der Waals surface area contributed by atoms with E-state index in [0.29, 0.717) is 19.1 Å². The third-order valence-electron chi connectivity index (χ3n) is 3.61. The Balaban J connectivity index is 2.84. The van der Waals surface area contributed by atoms with Gasteiger partial charge in [-0.2, -0.15) is 0 Å². The third kappa shape index (κ3) is 4.83. The van der Waals surface area contributed by atoms with E-state index in [4.69, 9.17) is 4.74 Å². The van der Waals surface area contributed by atoms with E-state index in [9.17, 15) is 9.90 Å². The van der Waals surface area contributed by atoms with E-state index in [2.05, 4.69) is 19.2 Å². The zero-order chi connectivity index (χ0) is 15.7. The van der Waals surface area contributed by atoms with Gasteiger partial charge >= 0.3 is 5.97 Å². The van der Waals surface area contributed by atoms with E-state index >= 15 is 0 Å². The Labute approximate surface area is 127 Å². The second-order valence-electron chi connectivity index (χ2n) is 5.52. The molecule has 118 valence electrons. The van der Waals surface area contributed by atoms with Crippen molar-refractivity contribution in [3.05, 3.63) is 35.9 Å². The van der Waals surface area contributed by atoms with Gasteiger partial charge in [0.05, 0.1) is 6.61 Å². The monoisotopic (exact) mass is 293 g/mol. The van der Waals surface area contributed by atoms with Crippen LogP contribution in [0.3, 0.4) is 0 Å². The molecule has 4 nitrogen and oxygen atoms in total. The maximum absolute atomic E-state index is 11.9. The molecule has 0 aliphatic rings. The standard InChI is InChI=1S/C17H27NO3/c1-4-9-14(3)12-21-13-17(16(19)20,18-5-2)15-10-7-6-8-11-15/h6-8,10-11,14,18H,4-5,9,12-13H2,1-3H3,(H,19,20). The second kappa shape index (κ2) is 8.80. The number of carboxylic acid groups (broad SMARTS) is 1. The zero-order valence-electron chi connectivity index (χ0n) is 13.3. The molecular weight excluding hydrogens is 266 g/mol. The van der Waals surface area contributed by atoms with Crippen molar-refractivity contribution in [2.24, 2.45) is 5.92 Å². The van der Waals surface area contributed by atoms with E-state index in [1.54, 1.807) is 0 Å². The smallest absolute Gasteiger partial charge is 0.331 e. The minimum atomic E-state index is -1.18. The Hall–Kier alpha value is -1.39. The molecule has 4 heteroatoms. The summed E-state index contributed by atoms with van der Waals surface area (Å²) in [5.74, 6) is -0.461. The van der Waals surface area contributed by atoms with Crippen molar-refractivity contribution in [2.75, 3.05) is 19.8 Å². The van der Waals surface area contributed by atoms with Gasteiger partial charge in [0.15, 0.2) is 5.54 Å². The zero-order valence-corrected chi connectivity index (χ0v) is 13.3. The lowest BCUT2D eigenvalue weighted by molar-refractivity contribution is -0.148. The number of nitrogens with one attached hydrogen (secondary N) is 1. The van der Waals surface area contributed by atoms with Gasteiger partial charge in [-0.25, -0.2) is 4.79 Å². The Morgan fingerprint density at radius 3 is 2.52 bits per heavy atom. The van der Waals surface area contributed by atoms with Crippen LogP contribution in [-0.4, -0.2) is 30.8 Å². The molecule has 21 heavy (non-hydrogen) atoms. The lowest BCUT2D eigenvalue weighted by Gasteiger charge is -2.31. The normalized spacial score (nSPS) is 15.4. The minimum Gasteiger partial charge on any atom is -0.480 e.